The van der Waals surface area contributed by atoms with Gasteiger partial charge in [0.05, 0.1) is 5.69 Å². The standard InChI is InChI=1S/C38H49N7O6/c1-23(2)29-16-11-24(3)18-34(47)41-31(19-25-12-14-28(46)15-13-25)36(49)39-17-7-10-35(48)45-22-27(20-33(45)38(51)42-29)40-37(50)32-21-30(43-44-32)26-8-5-4-6-9-26/h4-6,8-9,12-15,21,23-24,27,29,31,33,46H,7,10-11,16-20,22H2,1-3H3,(H,39,49)(H,40,50)(H,41,47)(H,42,51)(H,43,44)/t24-,27-,29+,31+,33+/m1/s1. The zero-order valence-corrected chi connectivity index (χ0v) is 29.5. The van der Waals surface area contributed by atoms with Crippen LogP contribution in [0.2, 0.25) is 0 Å². The van der Waals surface area contributed by atoms with Gasteiger partial charge < -0.3 is 31.3 Å². The van der Waals surface area contributed by atoms with Gasteiger partial charge in [0.25, 0.3) is 5.91 Å². The molecule has 2 aliphatic rings. The Labute approximate surface area is 298 Å². The van der Waals surface area contributed by atoms with Gasteiger partial charge in [-0.2, -0.15) is 5.10 Å². The Morgan fingerprint density at radius 2 is 1.75 bits per heavy atom. The van der Waals surface area contributed by atoms with E-state index in [9.17, 15) is 29.1 Å². The van der Waals surface area contributed by atoms with E-state index in [1.807, 2.05) is 51.1 Å². The Hall–Kier alpha value is -5.20. The number of hydrogen-bond donors (Lipinski definition) is 6. The molecule has 2 aliphatic heterocycles. The fourth-order valence-electron chi connectivity index (χ4n) is 6.70. The second kappa shape index (κ2) is 17.1. The number of carbonyl (C=O) groups excluding carboxylic acids is 5. The van der Waals surface area contributed by atoms with E-state index in [1.54, 1.807) is 23.1 Å². The van der Waals surface area contributed by atoms with Gasteiger partial charge in [-0.1, -0.05) is 63.2 Å². The molecule has 1 aromatic heterocycles. The average molecular weight is 700 g/mol. The Bertz CT molecular complexity index is 1680. The smallest absolute Gasteiger partial charge is 0.269 e. The average Bonchev–Trinajstić information content (AvgIpc) is 3.77. The number of benzene rings is 2. The Morgan fingerprint density at radius 3 is 2.47 bits per heavy atom. The molecule has 5 amide bonds. The van der Waals surface area contributed by atoms with Crippen LogP contribution in [0.5, 0.6) is 5.75 Å². The summed E-state index contributed by atoms with van der Waals surface area (Å²) in [7, 11) is 0. The van der Waals surface area contributed by atoms with Crippen molar-refractivity contribution < 1.29 is 29.1 Å². The quantitative estimate of drug-likeness (QED) is 0.228. The van der Waals surface area contributed by atoms with E-state index in [0.717, 1.165) is 11.1 Å². The number of phenolic OH excluding ortho intramolecular Hbond substituents is 1. The number of rotatable bonds is 6. The molecule has 0 saturated carbocycles. The van der Waals surface area contributed by atoms with E-state index < -0.39 is 18.1 Å². The van der Waals surface area contributed by atoms with Gasteiger partial charge in [-0.3, -0.25) is 29.1 Å². The first-order valence-electron chi connectivity index (χ1n) is 17.8. The van der Waals surface area contributed by atoms with E-state index in [4.69, 9.17) is 0 Å². The van der Waals surface area contributed by atoms with Crippen LogP contribution in [-0.2, 0) is 25.6 Å². The van der Waals surface area contributed by atoms with Crippen LogP contribution >= 0.6 is 0 Å². The molecule has 2 fully saturated rings. The minimum absolute atomic E-state index is 0.0199. The maximum absolute atomic E-state index is 13.8. The highest BCUT2D eigenvalue weighted by atomic mass is 16.3. The zero-order valence-electron chi connectivity index (χ0n) is 29.5. The third kappa shape index (κ3) is 10.2. The van der Waals surface area contributed by atoms with Crippen LogP contribution in [0.1, 0.15) is 75.3 Å². The normalized spacial score (nSPS) is 24.2. The molecule has 0 spiro atoms. The van der Waals surface area contributed by atoms with Crippen LogP contribution < -0.4 is 21.3 Å². The molecule has 5 rings (SSSR count). The summed E-state index contributed by atoms with van der Waals surface area (Å²) in [6.45, 7) is 6.37. The highest BCUT2D eigenvalue weighted by Gasteiger charge is 2.41. The first kappa shape index (κ1) is 37.1. The van der Waals surface area contributed by atoms with Crippen molar-refractivity contribution in [3.63, 3.8) is 0 Å². The van der Waals surface area contributed by atoms with Gasteiger partial charge in [0.15, 0.2) is 0 Å². The minimum atomic E-state index is -0.836. The lowest BCUT2D eigenvalue weighted by atomic mass is 9.92. The molecular weight excluding hydrogens is 650 g/mol. The van der Waals surface area contributed by atoms with Gasteiger partial charge in [0.2, 0.25) is 23.6 Å². The molecular formula is C38H49N7O6. The predicted molar refractivity (Wildman–Crippen MR) is 191 cm³/mol. The van der Waals surface area contributed by atoms with Crippen molar-refractivity contribution >= 4 is 29.5 Å². The Kier molecular flexibility index (Phi) is 12.5. The number of nitrogens with zero attached hydrogens (tertiary/aromatic N) is 2. The molecule has 0 aliphatic carbocycles. The highest BCUT2D eigenvalue weighted by molar-refractivity contribution is 5.94. The van der Waals surface area contributed by atoms with Gasteiger partial charge in [-0.15, -0.1) is 0 Å². The van der Waals surface area contributed by atoms with Gasteiger partial charge >= 0.3 is 0 Å². The van der Waals surface area contributed by atoms with Crippen molar-refractivity contribution in [2.24, 2.45) is 11.8 Å². The Balaban J connectivity index is 1.29. The summed E-state index contributed by atoms with van der Waals surface area (Å²) in [4.78, 5) is 68.7. The van der Waals surface area contributed by atoms with E-state index in [-0.39, 0.29) is 97.6 Å². The van der Waals surface area contributed by atoms with Crippen molar-refractivity contribution in [1.29, 1.82) is 0 Å². The molecule has 0 radical (unpaired) electrons. The van der Waals surface area contributed by atoms with Crippen LogP contribution in [0.3, 0.4) is 0 Å². The maximum atomic E-state index is 13.8. The van der Waals surface area contributed by atoms with Crippen molar-refractivity contribution in [3.05, 3.63) is 71.9 Å². The molecule has 3 aromatic rings. The number of H-pyrrole nitrogens is 1. The molecule has 5 atom stereocenters. The van der Waals surface area contributed by atoms with E-state index >= 15 is 0 Å². The van der Waals surface area contributed by atoms with Crippen LogP contribution in [0.15, 0.2) is 60.7 Å². The molecule has 0 unspecified atom stereocenters. The van der Waals surface area contributed by atoms with Crippen molar-refractivity contribution in [1.82, 2.24) is 36.4 Å². The minimum Gasteiger partial charge on any atom is -0.508 e. The summed E-state index contributed by atoms with van der Waals surface area (Å²) in [5.41, 5.74) is 2.55. The summed E-state index contributed by atoms with van der Waals surface area (Å²) in [6, 6.07) is 15.4. The molecule has 51 heavy (non-hydrogen) atoms. The van der Waals surface area contributed by atoms with Crippen LogP contribution in [0.25, 0.3) is 11.3 Å². The second-order valence-corrected chi connectivity index (χ2v) is 14.1. The number of hydrogen-bond acceptors (Lipinski definition) is 7. The van der Waals surface area contributed by atoms with Crippen LogP contribution in [0, 0.1) is 11.8 Å². The highest BCUT2D eigenvalue weighted by Crippen LogP contribution is 2.24. The number of nitrogens with one attached hydrogen (secondary N) is 5. The van der Waals surface area contributed by atoms with Gasteiger partial charge in [-0.25, -0.2) is 0 Å². The molecule has 13 nitrogen and oxygen atoms in total. The van der Waals surface area contributed by atoms with Crippen molar-refractivity contribution in [2.45, 2.75) is 89.9 Å². The number of carbonyl (C=O) groups is 5. The summed E-state index contributed by atoms with van der Waals surface area (Å²) in [5.74, 6) is -1.34. The van der Waals surface area contributed by atoms with E-state index in [0.29, 0.717) is 25.0 Å². The maximum Gasteiger partial charge on any atom is 0.269 e. The van der Waals surface area contributed by atoms with Gasteiger partial charge in [0.1, 0.15) is 23.5 Å². The summed E-state index contributed by atoms with van der Waals surface area (Å²) < 4.78 is 0. The number of aromatic amines is 1. The number of fused-ring (bicyclic) bond motifs is 1. The lowest BCUT2D eigenvalue weighted by Gasteiger charge is -2.29. The number of phenols is 1. The monoisotopic (exact) mass is 699 g/mol. The van der Waals surface area contributed by atoms with Crippen molar-refractivity contribution in [2.75, 3.05) is 13.1 Å². The van der Waals surface area contributed by atoms with E-state index in [2.05, 4.69) is 31.5 Å². The first-order chi connectivity index (χ1) is 24.5. The largest absolute Gasteiger partial charge is 0.508 e. The predicted octanol–water partition coefficient (Wildman–Crippen LogP) is 3.07. The fraction of sp³-hybridized carbons (Fsp3) is 0.474. The molecule has 0 bridgehead atoms. The van der Waals surface area contributed by atoms with Crippen LogP contribution in [-0.4, -0.2) is 87.0 Å². The molecule has 272 valence electrons. The SMILES string of the molecule is CC(C)[C@@H]1CC[C@@H](C)CC(=O)N[C@@H](Cc2ccc(O)cc2)C(=O)NCCCC(=O)N2C[C@H](NC(=O)c3cc(-c4ccccc4)n[nH]3)C[C@H]2C(=O)N1. The second-order valence-electron chi connectivity index (χ2n) is 14.1. The number of aromatic nitrogens is 2. The Morgan fingerprint density at radius 1 is 1.00 bits per heavy atom. The third-order valence-electron chi connectivity index (χ3n) is 9.68. The third-order valence-corrected chi connectivity index (χ3v) is 9.68. The summed E-state index contributed by atoms with van der Waals surface area (Å²) >= 11 is 0. The van der Waals surface area contributed by atoms with Crippen LogP contribution in [0.4, 0.5) is 0 Å². The number of aromatic hydroxyl groups is 1. The summed E-state index contributed by atoms with van der Waals surface area (Å²) in [5, 5.41) is 28.7. The molecule has 3 heterocycles. The van der Waals surface area contributed by atoms with E-state index in [1.165, 1.54) is 12.1 Å². The molecule has 6 N–H and O–H groups in total. The first-order valence-corrected chi connectivity index (χ1v) is 17.8. The lowest BCUT2D eigenvalue weighted by molar-refractivity contribution is -0.139. The van der Waals surface area contributed by atoms with Crippen molar-refractivity contribution in [3.8, 4) is 17.0 Å². The molecule has 2 aromatic carbocycles. The number of amides is 5. The van der Waals surface area contributed by atoms with Gasteiger partial charge in [0, 0.05) is 50.0 Å². The molecule has 13 heteroatoms. The molecule has 2 saturated heterocycles. The topological polar surface area (TPSA) is 186 Å². The zero-order chi connectivity index (χ0) is 36.5. The van der Waals surface area contributed by atoms with Gasteiger partial charge in [-0.05, 0) is 61.3 Å². The fourth-order valence-corrected chi connectivity index (χ4v) is 6.70. The lowest BCUT2D eigenvalue weighted by Crippen LogP contribution is -2.50. The summed E-state index contributed by atoms with van der Waals surface area (Å²) in [6.07, 6.45) is 2.38.